The molecule has 0 radical (unpaired) electrons. The van der Waals surface area contributed by atoms with Crippen LogP contribution in [-0.2, 0) is 17.9 Å². The lowest BCUT2D eigenvalue weighted by Crippen LogP contribution is -2.47. The largest absolute Gasteiger partial charge is 0.383 e. The molecule has 0 saturated carbocycles. The van der Waals surface area contributed by atoms with E-state index in [0.29, 0.717) is 18.9 Å². The van der Waals surface area contributed by atoms with Crippen molar-refractivity contribution in [3.63, 3.8) is 0 Å². The molecule has 33 heavy (non-hydrogen) atoms. The number of hydrogen-bond donors (Lipinski definition) is 2. The molecule has 5 rings (SSSR count). The summed E-state index contributed by atoms with van der Waals surface area (Å²) in [5, 5.41) is 21.3. The third-order valence-corrected chi connectivity index (χ3v) is 6.37. The van der Waals surface area contributed by atoms with E-state index in [1.54, 1.807) is 11.1 Å². The summed E-state index contributed by atoms with van der Waals surface area (Å²) in [5.41, 5.74) is 3.50. The first kappa shape index (κ1) is 21.4. The number of fused-ring (bicyclic) bond motifs is 1. The van der Waals surface area contributed by atoms with Crippen LogP contribution in [0.4, 0.5) is 11.5 Å². The van der Waals surface area contributed by atoms with E-state index in [1.807, 2.05) is 42.5 Å². The standard InChI is InChI=1S/C25H27N5O3/c31-23(24(32)25(33)30-16-18-6-4-5-7-19(18)17-30)21-14-26-15-22(27-21)29-12-10-28(11-13-29)20-8-2-1-3-9-20/h1-9,14-15,23-24,31-32H,10-13,16-17H2/t23-,24+/m0/s1. The first-order valence-corrected chi connectivity index (χ1v) is 11.2. The number of hydrogen-bond acceptors (Lipinski definition) is 7. The zero-order valence-corrected chi connectivity index (χ0v) is 18.3. The monoisotopic (exact) mass is 445 g/mol. The zero-order chi connectivity index (χ0) is 22.8. The van der Waals surface area contributed by atoms with Crippen molar-refractivity contribution in [1.29, 1.82) is 0 Å². The minimum atomic E-state index is -1.60. The van der Waals surface area contributed by atoms with E-state index in [1.165, 1.54) is 11.9 Å². The maximum absolute atomic E-state index is 12.8. The van der Waals surface area contributed by atoms with Gasteiger partial charge in [0.15, 0.2) is 6.10 Å². The maximum Gasteiger partial charge on any atom is 0.255 e. The molecule has 3 aromatic rings. The van der Waals surface area contributed by atoms with Gasteiger partial charge >= 0.3 is 0 Å². The molecule has 8 heteroatoms. The number of aliphatic hydroxyl groups is 2. The summed E-state index contributed by atoms with van der Waals surface area (Å²) in [6.45, 7) is 4.06. The molecule has 2 aliphatic rings. The molecular formula is C25H27N5O3. The molecule has 1 saturated heterocycles. The van der Waals surface area contributed by atoms with Gasteiger partial charge in [0, 0.05) is 45.0 Å². The molecule has 8 nitrogen and oxygen atoms in total. The average Bonchev–Trinajstić information content (AvgIpc) is 3.32. The van der Waals surface area contributed by atoms with Crippen LogP contribution < -0.4 is 9.80 Å². The molecule has 2 aromatic carbocycles. The predicted octanol–water partition coefficient (Wildman–Crippen LogP) is 1.74. The Bertz CT molecular complexity index is 1090. The second-order valence-corrected chi connectivity index (χ2v) is 8.46. The van der Waals surface area contributed by atoms with E-state index >= 15 is 0 Å². The molecule has 0 unspecified atom stereocenters. The first-order chi connectivity index (χ1) is 16.1. The quantitative estimate of drug-likeness (QED) is 0.618. The summed E-state index contributed by atoms with van der Waals surface area (Å²) in [6, 6.07) is 18.1. The van der Waals surface area contributed by atoms with E-state index in [4.69, 9.17) is 0 Å². The molecule has 1 amide bonds. The van der Waals surface area contributed by atoms with E-state index in [2.05, 4.69) is 31.9 Å². The molecule has 2 atom stereocenters. The third-order valence-electron chi connectivity index (χ3n) is 6.37. The Hall–Kier alpha value is -3.49. The highest BCUT2D eigenvalue weighted by molar-refractivity contribution is 5.82. The van der Waals surface area contributed by atoms with E-state index in [9.17, 15) is 15.0 Å². The van der Waals surface area contributed by atoms with Crippen molar-refractivity contribution < 1.29 is 15.0 Å². The van der Waals surface area contributed by atoms with Crippen molar-refractivity contribution in [1.82, 2.24) is 14.9 Å². The van der Waals surface area contributed by atoms with E-state index in [-0.39, 0.29) is 5.69 Å². The lowest BCUT2D eigenvalue weighted by molar-refractivity contribution is -0.147. The second-order valence-electron chi connectivity index (χ2n) is 8.46. The Labute approximate surface area is 192 Å². The number of carbonyl (C=O) groups excluding carboxylic acids is 1. The number of carbonyl (C=O) groups is 1. The molecule has 2 N–H and O–H groups in total. The molecule has 0 spiro atoms. The lowest BCUT2D eigenvalue weighted by Gasteiger charge is -2.36. The van der Waals surface area contributed by atoms with Gasteiger partial charge in [-0.2, -0.15) is 0 Å². The van der Waals surface area contributed by atoms with E-state index in [0.717, 1.165) is 37.3 Å². The molecule has 1 fully saturated rings. The number of anilines is 2. The molecule has 2 aliphatic heterocycles. The third kappa shape index (κ3) is 4.40. The molecule has 3 heterocycles. The van der Waals surface area contributed by atoms with Crippen LogP contribution in [0.15, 0.2) is 67.0 Å². The Kier molecular flexibility index (Phi) is 5.93. The normalized spacial score (nSPS) is 17.6. The van der Waals surface area contributed by atoms with Crippen molar-refractivity contribution in [3.05, 3.63) is 83.8 Å². The van der Waals surface area contributed by atoms with Crippen LogP contribution in [0, 0.1) is 0 Å². The Morgan fingerprint density at radius 1 is 0.818 bits per heavy atom. The van der Waals surface area contributed by atoms with Gasteiger partial charge in [0.2, 0.25) is 0 Å². The number of benzene rings is 2. The summed E-state index contributed by atoms with van der Waals surface area (Å²) in [6.07, 6.45) is 0.0154. The summed E-state index contributed by atoms with van der Waals surface area (Å²) in [5.74, 6) is 0.120. The predicted molar refractivity (Wildman–Crippen MR) is 125 cm³/mol. The fourth-order valence-electron chi connectivity index (χ4n) is 4.47. The lowest BCUT2D eigenvalue weighted by atomic mass is 10.1. The van der Waals surface area contributed by atoms with Crippen LogP contribution in [0.1, 0.15) is 22.9 Å². The van der Waals surface area contributed by atoms with Gasteiger partial charge in [0.25, 0.3) is 5.91 Å². The van der Waals surface area contributed by atoms with Gasteiger partial charge in [-0.1, -0.05) is 42.5 Å². The summed E-state index contributed by atoms with van der Waals surface area (Å²) >= 11 is 0. The van der Waals surface area contributed by atoms with Crippen LogP contribution in [0.25, 0.3) is 0 Å². The molecule has 0 bridgehead atoms. The first-order valence-electron chi connectivity index (χ1n) is 11.2. The fourth-order valence-corrected chi connectivity index (χ4v) is 4.47. The molecular weight excluding hydrogens is 418 g/mol. The van der Waals surface area contributed by atoms with Gasteiger partial charge in [-0.25, -0.2) is 4.98 Å². The molecule has 1 aromatic heterocycles. The van der Waals surface area contributed by atoms with E-state index < -0.39 is 18.1 Å². The van der Waals surface area contributed by atoms with Crippen LogP contribution in [0.5, 0.6) is 0 Å². The van der Waals surface area contributed by atoms with Crippen LogP contribution in [-0.4, -0.2) is 63.3 Å². The summed E-state index contributed by atoms with van der Waals surface area (Å²) in [7, 11) is 0. The minimum absolute atomic E-state index is 0.190. The fraction of sp³-hybridized carbons (Fsp3) is 0.320. The smallest absolute Gasteiger partial charge is 0.255 e. The molecule has 0 aliphatic carbocycles. The summed E-state index contributed by atoms with van der Waals surface area (Å²) in [4.78, 5) is 27.6. The van der Waals surface area contributed by atoms with Gasteiger partial charge < -0.3 is 24.9 Å². The van der Waals surface area contributed by atoms with Crippen molar-refractivity contribution in [2.75, 3.05) is 36.0 Å². The highest BCUT2D eigenvalue weighted by Gasteiger charge is 2.34. The number of amides is 1. The number of para-hydroxylation sites is 1. The van der Waals surface area contributed by atoms with Crippen molar-refractivity contribution >= 4 is 17.4 Å². The topological polar surface area (TPSA) is 93.0 Å². The molecule has 170 valence electrons. The van der Waals surface area contributed by atoms with Gasteiger partial charge in [-0.05, 0) is 23.3 Å². The Morgan fingerprint density at radius 2 is 1.42 bits per heavy atom. The average molecular weight is 446 g/mol. The number of nitrogens with zero attached hydrogens (tertiary/aromatic N) is 5. The Morgan fingerprint density at radius 3 is 2.09 bits per heavy atom. The van der Waals surface area contributed by atoms with Crippen molar-refractivity contribution in [2.45, 2.75) is 25.3 Å². The van der Waals surface area contributed by atoms with Crippen LogP contribution >= 0.6 is 0 Å². The minimum Gasteiger partial charge on any atom is -0.383 e. The van der Waals surface area contributed by atoms with Gasteiger partial charge in [-0.3, -0.25) is 9.78 Å². The Balaban J connectivity index is 1.23. The van der Waals surface area contributed by atoms with Crippen LogP contribution in [0.2, 0.25) is 0 Å². The van der Waals surface area contributed by atoms with Gasteiger partial charge in [-0.15, -0.1) is 0 Å². The van der Waals surface area contributed by atoms with Gasteiger partial charge in [0.1, 0.15) is 11.9 Å². The highest BCUT2D eigenvalue weighted by Crippen LogP contribution is 2.26. The van der Waals surface area contributed by atoms with Gasteiger partial charge in [0.05, 0.1) is 18.1 Å². The zero-order valence-electron chi connectivity index (χ0n) is 18.3. The SMILES string of the molecule is O=C([C@H](O)[C@@H](O)c1cncc(N2CCN(c3ccccc3)CC2)n1)N1Cc2ccccc2C1. The number of aliphatic hydroxyl groups excluding tert-OH is 2. The number of rotatable bonds is 5. The maximum atomic E-state index is 12.8. The van der Waals surface area contributed by atoms with Crippen molar-refractivity contribution in [3.8, 4) is 0 Å². The number of piperazine rings is 1. The van der Waals surface area contributed by atoms with Crippen LogP contribution in [0.3, 0.4) is 0 Å². The summed E-state index contributed by atoms with van der Waals surface area (Å²) < 4.78 is 0. The highest BCUT2D eigenvalue weighted by atomic mass is 16.3. The van der Waals surface area contributed by atoms with Crippen molar-refractivity contribution in [2.24, 2.45) is 0 Å². The number of aromatic nitrogens is 2. The second kappa shape index (κ2) is 9.17.